The highest BCUT2D eigenvalue weighted by molar-refractivity contribution is 7.87. The minimum Gasteiger partial charge on any atom is -0.378 e. The molecule has 0 unspecified atom stereocenters. The first-order chi connectivity index (χ1) is 11.3. The zero-order valence-corrected chi connectivity index (χ0v) is 13.9. The zero-order valence-electron chi connectivity index (χ0n) is 13.1. The first-order valence-electron chi connectivity index (χ1n) is 7.21. The molecule has 2 aromatic rings. The van der Waals surface area contributed by atoms with Crippen LogP contribution in [0.3, 0.4) is 0 Å². The van der Waals surface area contributed by atoms with Gasteiger partial charge in [0.15, 0.2) is 17.3 Å². The molecule has 0 atom stereocenters. The summed E-state index contributed by atoms with van der Waals surface area (Å²) >= 11 is 0. The molecule has 0 spiro atoms. The van der Waals surface area contributed by atoms with Crippen LogP contribution in [0.25, 0.3) is 0 Å². The quantitative estimate of drug-likeness (QED) is 0.801. The summed E-state index contributed by atoms with van der Waals surface area (Å²) in [4.78, 5) is 24.4. The minimum atomic E-state index is -4.10. The number of rotatable bonds is 3. The monoisotopic (exact) mass is 342 g/mol. The van der Waals surface area contributed by atoms with Crippen molar-refractivity contribution in [3.8, 4) is 5.75 Å². The average Bonchev–Trinajstić information content (AvgIpc) is 2.52. The number of allylic oxidation sites excluding steroid dienone is 2. The highest BCUT2D eigenvalue weighted by atomic mass is 32.2. The Bertz CT molecular complexity index is 983. The van der Waals surface area contributed by atoms with Gasteiger partial charge in [-0.05, 0) is 38.1 Å². The Hall–Kier alpha value is -2.73. The summed E-state index contributed by atoms with van der Waals surface area (Å²) in [6, 6.07) is 10.5. The summed E-state index contributed by atoms with van der Waals surface area (Å²) in [6.07, 6.45) is 1.19. The van der Waals surface area contributed by atoms with Gasteiger partial charge in [0.25, 0.3) is 0 Å². The van der Waals surface area contributed by atoms with Crippen molar-refractivity contribution in [2.45, 2.75) is 18.7 Å². The third-order valence-electron chi connectivity index (χ3n) is 3.73. The molecule has 122 valence electrons. The van der Waals surface area contributed by atoms with Gasteiger partial charge in [-0.3, -0.25) is 9.59 Å². The molecule has 5 nitrogen and oxygen atoms in total. The molecule has 0 radical (unpaired) electrons. The van der Waals surface area contributed by atoms with Gasteiger partial charge in [-0.25, -0.2) is 0 Å². The molecular weight excluding hydrogens is 328 g/mol. The van der Waals surface area contributed by atoms with E-state index in [0.717, 1.165) is 5.56 Å². The highest BCUT2D eigenvalue weighted by Crippen LogP contribution is 2.31. The second kappa shape index (κ2) is 5.72. The third kappa shape index (κ3) is 2.76. The molecule has 0 saturated heterocycles. The largest absolute Gasteiger partial charge is 0.378 e. The van der Waals surface area contributed by atoms with Crippen LogP contribution in [-0.4, -0.2) is 20.0 Å². The van der Waals surface area contributed by atoms with E-state index in [9.17, 15) is 18.0 Å². The molecule has 1 aliphatic carbocycles. The van der Waals surface area contributed by atoms with Gasteiger partial charge >= 0.3 is 10.1 Å². The van der Waals surface area contributed by atoms with Crippen molar-refractivity contribution in [1.29, 1.82) is 0 Å². The van der Waals surface area contributed by atoms with Crippen molar-refractivity contribution < 1.29 is 22.2 Å². The molecule has 2 aromatic carbocycles. The SMILES string of the molecule is CC1=CC(=O)c2c(OS(=O)(=O)c3ccc(C)cc3)cccc2C1=O. The van der Waals surface area contributed by atoms with Gasteiger partial charge in [-0.2, -0.15) is 8.42 Å². The number of carbonyl (C=O) groups excluding carboxylic acids is 2. The average molecular weight is 342 g/mol. The van der Waals surface area contributed by atoms with Gasteiger partial charge in [0.05, 0.1) is 5.56 Å². The van der Waals surface area contributed by atoms with E-state index >= 15 is 0 Å². The fraction of sp³-hybridized carbons (Fsp3) is 0.111. The Labute approximate surface area is 139 Å². The lowest BCUT2D eigenvalue weighted by atomic mass is 9.90. The Morgan fingerprint density at radius 3 is 2.25 bits per heavy atom. The minimum absolute atomic E-state index is 0.0213. The molecule has 0 amide bonds. The fourth-order valence-electron chi connectivity index (χ4n) is 2.46. The second-order valence-corrected chi connectivity index (χ2v) is 7.10. The smallest absolute Gasteiger partial charge is 0.339 e. The van der Waals surface area contributed by atoms with E-state index in [4.69, 9.17) is 4.18 Å². The van der Waals surface area contributed by atoms with E-state index in [1.807, 2.05) is 6.92 Å². The van der Waals surface area contributed by atoms with Crippen LogP contribution in [0.1, 0.15) is 33.2 Å². The summed E-state index contributed by atoms with van der Waals surface area (Å²) in [5, 5.41) is 0. The number of ketones is 2. The van der Waals surface area contributed by atoms with Crippen LogP contribution in [0.5, 0.6) is 5.75 Å². The molecule has 24 heavy (non-hydrogen) atoms. The van der Waals surface area contributed by atoms with Crippen LogP contribution < -0.4 is 4.18 Å². The standard InChI is InChI=1S/C18H14O5S/c1-11-6-8-13(9-7-11)24(21,22)23-16-5-3-4-14-17(16)15(19)10-12(2)18(14)20/h3-10H,1-2H3. The summed E-state index contributed by atoms with van der Waals surface area (Å²) < 4.78 is 30.0. The third-order valence-corrected chi connectivity index (χ3v) is 4.98. The maximum atomic E-state index is 12.4. The van der Waals surface area contributed by atoms with E-state index < -0.39 is 15.9 Å². The van der Waals surface area contributed by atoms with Gasteiger partial charge in [-0.15, -0.1) is 0 Å². The van der Waals surface area contributed by atoms with Crippen molar-refractivity contribution in [2.75, 3.05) is 0 Å². The lowest BCUT2D eigenvalue weighted by Crippen LogP contribution is -2.19. The highest BCUT2D eigenvalue weighted by Gasteiger charge is 2.28. The molecule has 3 rings (SSSR count). The topological polar surface area (TPSA) is 77.5 Å². The molecule has 0 saturated carbocycles. The summed E-state index contributed by atoms with van der Waals surface area (Å²) in [5.74, 6) is -0.908. The lowest BCUT2D eigenvalue weighted by Gasteiger charge is -2.16. The van der Waals surface area contributed by atoms with E-state index in [-0.39, 0.29) is 27.6 Å². The summed E-state index contributed by atoms with van der Waals surface area (Å²) in [7, 11) is -4.10. The molecule has 0 aromatic heterocycles. The van der Waals surface area contributed by atoms with Crippen LogP contribution in [-0.2, 0) is 10.1 Å². The van der Waals surface area contributed by atoms with Gasteiger partial charge in [-0.1, -0.05) is 29.8 Å². The van der Waals surface area contributed by atoms with Crippen molar-refractivity contribution in [2.24, 2.45) is 0 Å². The Morgan fingerprint density at radius 1 is 0.917 bits per heavy atom. The van der Waals surface area contributed by atoms with Gasteiger partial charge in [0.1, 0.15) is 4.90 Å². The molecule has 0 heterocycles. The number of hydrogen-bond acceptors (Lipinski definition) is 5. The molecular formula is C18H14O5S. The van der Waals surface area contributed by atoms with Gasteiger partial charge in [0.2, 0.25) is 0 Å². The van der Waals surface area contributed by atoms with Gasteiger partial charge in [0, 0.05) is 11.1 Å². The normalized spacial score (nSPS) is 14.2. The van der Waals surface area contributed by atoms with Crippen LogP contribution in [0.4, 0.5) is 0 Å². The van der Waals surface area contributed by atoms with Crippen molar-refractivity contribution in [3.05, 3.63) is 70.8 Å². The van der Waals surface area contributed by atoms with Crippen LogP contribution >= 0.6 is 0 Å². The van der Waals surface area contributed by atoms with Gasteiger partial charge < -0.3 is 4.18 Å². The number of hydrogen-bond donors (Lipinski definition) is 0. The van der Waals surface area contributed by atoms with E-state index in [2.05, 4.69) is 0 Å². The summed E-state index contributed by atoms with van der Waals surface area (Å²) in [6.45, 7) is 3.38. The number of benzene rings is 2. The molecule has 0 bridgehead atoms. The lowest BCUT2D eigenvalue weighted by molar-refractivity contribution is 0.0983. The number of Topliss-reactive ketones (excluding diaryl/α,β-unsaturated/α-hetero) is 1. The molecule has 0 aliphatic heterocycles. The first-order valence-corrected chi connectivity index (χ1v) is 8.62. The van der Waals surface area contributed by atoms with Crippen molar-refractivity contribution in [1.82, 2.24) is 0 Å². The van der Waals surface area contributed by atoms with E-state index in [0.29, 0.717) is 5.57 Å². The maximum absolute atomic E-state index is 12.4. The molecule has 6 heteroatoms. The van der Waals surface area contributed by atoms with E-state index in [1.165, 1.54) is 36.4 Å². The van der Waals surface area contributed by atoms with Crippen molar-refractivity contribution >= 4 is 21.7 Å². The van der Waals surface area contributed by atoms with Crippen LogP contribution in [0.2, 0.25) is 0 Å². The fourth-order valence-corrected chi connectivity index (χ4v) is 3.40. The number of fused-ring (bicyclic) bond motifs is 1. The first kappa shape index (κ1) is 16.1. The zero-order chi connectivity index (χ0) is 17.5. The van der Waals surface area contributed by atoms with Crippen LogP contribution in [0.15, 0.2) is 59.0 Å². The number of aryl methyl sites for hydroxylation is 1. The molecule has 1 aliphatic rings. The van der Waals surface area contributed by atoms with Crippen LogP contribution in [0, 0.1) is 6.92 Å². The number of carbonyl (C=O) groups is 2. The maximum Gasteiger partial charge on any atom is 0.339 e. The predicted molar refractivity (Wildman–Crippen MR) is 87.9 cm³/mol. The summed E-state index contributed by atoms with van der Waals surface area (Å²) in [5.41, 5.74) is 1.35. The molecule has 0 N–H and O–H groups in total. The Kier molecular flexibility index (Phi) is 3.85. The Balaban J connectivity index is 2.06. The predicted octanol–water partition coefficient (Wildman–Crippen LogP) is 3.09. The van der Waals surface area contributed by atoms with E-state index in [1.54, 1.807) is 19.1 Å². The molecule has 0 fully saturated rings. The second-order valence-electron chi connectivity index (χ2n) is 5.55. The Morgan fingerprint density at radius 2 is 1.58 bits per heavy atom. The van der Waals surface area contributed by atoms with Crippen molar-refractivity contribution in [3.63, 3.8) is 0 Å².